The van der Waals surface area contributed by atoms with Gasteiger partial charge in [0.05, 0.1) is 37.5 Å². The van der Waals surface area contributed by atoms with Gasteiger partial charge in [0.15, 0.2) is 18.9 Å². The van der Waals surface area contributed by atoms with Gasteiger partial charge in [0.2, 0.25) is 5.91 Å². The fourth-order valence-electron chi connectivity index (χ4n) is 4.80. The monoisotopic (exact) mass is 585 g/mol. The Morgan fingerprint density at radius 2 is 1.55 bits per heavy atom. The maximum absolute atomic E-state index is 12.0. The molecule has 0 spiro atoms. The molecule has 0 radical (unpaired) electrons. The standard InChI is InChI=1S/C24H47N3O13/c1-9(6-28)19(11(3)31)38-24-16(27-12(4)32)18(34)21(14(8-30)37-24)40-23-15(26)17(33)20(13(7-29)36-23)39-22(35-5)10(2)25/h9-11,13-24,28-31,33-34H,6-8,25-26H2,1-5H3,(H,27,32). The van der Waals surface area contributed by atoms with Gasteiger partial charge in [-0.2, -0.15) is 0 Å². The molecule has 15 atom stereocenters. The second kappa shape index (κ2) is 15.9. The summed E-state index contributed by atoms with van der Waals surface area (Å²) in [5, 5.41) is 64.5. The second-order valence-electron chi connectivity index (χ2n) is 10.4. The number of carbonyl (C=O) groups is 1. The lowest BCUT2D eigenvalue weighted by Crippen LogP contribution is -2.69. The largest absolute Gasteiger partial charge is 0.396 e. The molecule has 0 aromatic carbocycles. The van der Waals surface area contributed by atoms with Crippen molar-refractivity contribution in [1.82, 2.24) is 5.32 Å². The van der Waals surface area contributed by atoms with Crippen molar-refractivity contribution in [2.24, 2.45) is 17.4 Å². The van der Waals surface area contributed by atoms with E-state index in [0.717, 1.165) is 0 Å². The Labute approximate surface area is 233 Å². The molecule has 40 heavy (non-hydrogen) atoms. The van der Waals surface area contributed by atoms with Gasteiger partial charge in [0, 0.05) is 26.6 Å². The molecule has 16 nitrogen and oxygen atoms in total. The van der Waals surface area contributed by atoms with Crippen LogP contribution >= 0.6 is 0 Å². The molecular formula is C24H47N3O13. The molecular weight excluding hydrogens is 538 g/mol. The third-order valence-electron chi connectivity index (χ3n) is 6.98. The number of methoxy groups -OCH3 is 1. The molecule has 2 aliphatic rings. The van der Waals surface area contributed by atoms with E-state index < -0.39 is 111 Å². The van der Waals surface area contributed by atoms with E-state index in [1.807, 2.05) is 0 Å². The van der Waals surface area contributed by atoms with Gasteiger partial charge in [0.25, 0.3) is 0 Å². The number of ether oxygens (including phenoxy) is 6. The fourth-order valence-corrected chi connectivity index (χ4v) is 4.80. The van der Waals surface area contributed by atoms with Crippen molar-refractivity contribution in [3.05, 3.63) is 0 Å². The Bertz CT molecular complexity index is 764. The summed E-state index contributed by atoms with van der Waals surface area (Å²) in [7, 11) is 1.36. The summed E-state index contributed by atoms with van der Waals surface area (Å²) in [4.78, 5) is 12.0. The number of hydrogen-bond donors (Lipinski definition) is 9. The summed E-state index contributed by atoms with van der Waals surface area (Å²) >= 11 is 0. The Balaban J connectivity index is 2.28. The summed E-state index contributed by atoms with van der Waals surface area (Å²) < 4.78 is 34.3. The normalized spacial score (nSPS) is 38.7. The van der Waals surface area contributed by atoms with Crippen molar-refractivity contribution in [3.63, 3.8) is 0 Å². The fraction of sp³-hybridized carbons (Fsp3) is 0.958. The lowest BCUT2D eigenvalue weighted by Gasteiger charge is -2.49. The Morgan fingerprint density at radius 3 is 2.02 bits per heavy atom. The zero-order valence-electron chi connectivity index (χ0n) is 23.5. The minimum Gasteiger partial charge on any atom is -0.396 e. The topological polar surface area (TPSA) is 258 Å². The van der Waals surface area contributed by atoms with E-state index in [4.69, 9.17) is 39.9 Å². The first kappa shape index (κ1) is 35.1. The number of rotatable bonds is 14. The zero-order valence-corrected chi connectivity index (χ0v) is 23.5. The first-order valence-corrected chi connectivity index (χ1v) is 13.3. The van der Waals surface area contributed by atoms with E-state index in [1.165, 1.54) is 21.0 Å². The van der Waals surface area contributed by atoms with Gasteiger partial charge in [-0.1, -0.05) is 6.92 Å². The van der Waals surface area contributed by atoms with Crippen LogP contribution in [0.1, 0.15) is 27.7 Å². The highest BCUT2D eigenvalue weighted by Crippen LogP contribution is 2.31. The summed E-state index contributed by atoms with van der Waals surface area (Å²) in [5.41, 5.74) is 12.0. The molecule has 16 heteroatoms. The lowest BCUT2D eigenvalue weighted by atomic mass is 9.94. The van der Waals surface area contributed by atoms with Gasteiger partial charge in [0.1, 0.15) is 42.7 Å². The second-order valence-corrected chi connectivity index (χ2v) is 10.4. The molecule has 0 aliphatic carbocycles. The maximum atomic E-state index is 12.0. The number of aliphatic hydroxyl groups excluding tert-OH is 6. The number of nitrogens with one attached hydrogen (secondary N) is 1. The van der Waals surface area contributed by atoms with Crippen LogP contribution < -0.4 is 16.8 Å². The summed E-state index contributed by atoms with van der Waals surface area (Å²) in [6.45, 7) is 4.31. The Hall–Kier alpha value is -1.09. The molecule has 2 fully saturated rings. The average molecular weight is 586 g/mol. The number of carbonyl (C=O) groups excluding carboxylic acids is 1. The Morgan fingerprint density at radius 1 is 0.975 bits per heavy atom. The van der Waals surface area contributed by atoms with E-state index in [-0.39, 0.29) is 6.61 Å². The summed E-state index contributed by atoms with van der Waals surface area (Å²) in [5.74, 6) is -1.09. The molecule has 15 unspecified atom stereocenters. The minimum atomic E-state index is -1.57. The van der Waals surface area contributed by atoms with Crippen LogP contribution in [0.15, 0.2) is 0 Å². The smallest absolute Gasteiger partial charge is 0.217 e. The summed E-state index contributed by atoms with van der Waals surface area (Å²) in [6, 6.07) is -3.10. The van der Waals surface area contributed by atoms with Crippen LogP contribution in [0.4, 0.5) is 0 Å². The van der Waals surface area contributed by atoms with E-state index in [2.05, 4.69) is 5.32 Å². The maximum Gasteiger partial charge on any atom is 0.217 e. The molecule has 2 aliphatic heterocycles. The van der Waals surface area contributed by atoms with Gasteiger partial charge in [-0.25, -0.2) is 0 Å². The van der Waals surface area contributed by atoms with Crippen LogP contribution in [0.2, 0.25) is 0 Å². The van der Waals surface area contributed by atoms with Crippen LogP contribution in [0.5, 0.6) is 0 Å². The van der Waals surface area contributed by atoms with E-state index in [1.54, 1.807) is 13.8 Å². The molecule has 2 heterocycles. The zero-order chi connectivity index (χ0) is 30.3. The molecule has 2 rings (SSSR count). The third kappa shape index (κ3) is 8.48. The van der Waals surface area contributed by atoms with Gasteiger partial charge >= 0.3 is 0 Å². The minimum absolute atomic E-state index is 0.323. The highest BCUT2D eigenvalue weighted by atomic mass is 16.7. The molecule has 0 bridgehead atoms. The quantitative estimate of drug-likeness (QED) is 0.0870. The van der Waals surface area contributed by atoms with Crippen molar-refractivity contribution < 1.29 is 63.9 Å². The van der Waals surface area contributed by atoms with Crippen molar-refractivity contribution >= 4 is 5.91 Å². The van der Waals surface area contributed by atoms with Crippen molar-refractivity contribution in [3.8, 4) is 0 Å². The van der Waals surface area contributed by atoms with Crippen LogP contribution in [0.3, 0.4) is 0 Å². The van der Waals surface area contributed by atoms with Gasteiger partial charge in [-0.3, -0.25) is 4.79 Å². The van der Waals surface area contributed by atoms with Crippen LogP contribution in [-0.4, -0.2) is 149 Å². The highest BCUT2D eigenvalue weighted by molar-refractivity contribution is 5.73. The summed E-state index contributed by atoms with van der Waals surface area (Å²) in [6.07, 6.45) is -13.6. The van der Waals surface area contributed by atoms with Crippen molar-refractivity contribution in [1.29, 1.82) is 0 Å². The molecule has 11 N–H and O–H groups in total. The number of aliphatic hydroxyl groups is 6. The highest BCUT2D eigenvalue weighted by Gasteiger charge is 2.52. The first-order chi connectivity index (χ1) is 18.8. The van der Waals surface area contributed by atoms with Gasteiger partial charge in [-0.15, -0.1) is 0 Å². The average Bonchev–Trinajstić information content (AvgIpc) is 2.90. The molecule has 236 valence electrons. The number of nitrogens with two attached hydrogens (primary N) is 2. The van der Waals surface area contributed by atoms with Crippen LogP contribution in [0, 0.1) is 5.92 Å². The Kier molecular flexibility index (Phi) is 14.0. The number of hydrogen-bond acceptors (Lipinski definition) is 15. The third-order valence-corrected chi connectivity index (χ3v) is 6.98. The number of amides is 1. The first-order valence-electron chi connectivity index (χ1n) is 13.3. The molecule has 1 amide bonds. The molecule has 0 saturated carbocycles. The molecule has 0 aromatic rings. The van der Waals surface area contributed by atoms with E-state index in [9.17, 15) is 35.4 Å². The van der Waals surface area contributed by atoms with E-state index in [0.29, 0.717) is 0 Å². The molecule has 0 aromatic heterocycles. The molecule has 2 saturated heterocycles. The predicted molar refractivity (Wildman–Crippen MR) is 136 cm³/mol. The van der Waals surface area contributed by atoms with Gasteiger partial charge in [-0.05, 0) is 13.8 Å². The SMILES string of the molecule is COC(OC1C(CO)OC(OC2C(CO)OC(OC(C(C)O)C(C)CO)C(NC(C)=O)C2O)C(N)C1O)C(C)N. The van der Waals surface area contributed by atoms with E-state index >= 15 is 0 Å². The predicted octanol–water partition coefficient (Wildman–Crippen LogP) is -4.54. The van der Waals surface area contributed by atoms with Crippen LogP contribution in [-0.2, 0) is 33.2 Å². The lowest BCUT2D eigenvalue weighted by molar-refractivity contribution is -0.346. The van der Waals surface area contributed by atoms with Gasteiger partial charge < -0.3 is 75.8 Å². The van der Waals surface area contributed by atoms with Crippen molar-refractivity contribution in [2.75, 3.05) is 26.9 Å². The van der Waals surface area contributed by atoms with Crippen molar-refractivity contribution in [2.45, 2.75) is 114 Å². The van der Waals surface area contributed by atoms with Crippen LogP contribution in [0.25, 0.3) is 0 Å².